The molecule has 0 radical (unpaired) electrons. The Morgan fingerprint density at radius 2 is 2.16 bits per heavy atom. The Kier molecular flexibility index (Phi) is 4.10. The van der Waals surface area contributed by atoms with Crippen LogP contribution in [0.1, 0.15) is 5.56 Å². The first kappa shape index (κ1) is 13.5. The van der Waals surface area contributed by atoms with Gasteiger partial charge < -0.3 is 15.8 Å². The van der Waals surface area contributed by atoms with E-state index in [4.69, 9.17) is 10.9 Å². The summed E-state index contributed by atoms with van der Waals surface area (Å²) in [5, 5.41) is 22.6. The maximum atomic E-state index is 11.2. The van der Waals surface area contributed by atoms with E-state index in [2.05, 4.69) is 5.16 Å². The summed E-state index contributed by atoms with van der Waals surface area (Å²) < 4.78 is 0. The summed E-state index contributed by atoms with van der Waals surface area (Å²) in [7, 11) is 0. The number of nitro benzene ring substituents is 1. The maximum Gasteiger partial charge on any atom is 0.293 e. The molecule has 1 heterocycles. The minimum atomic E-state index is -0.439. The number of hydrogen-bond donors (Lipinski definition) is 2. The van der Waals surface area contributed by atoms with Gasteiger partial charge in [-0.15, -0.1) is 0 Å². The van der Waals surface area contributed by atoms with Gasteiger partial charge in [0.2, 0.25) is 0 Å². The van der Waals surface area contributed by atoms with Crippen molar-refractivity contribution in [3.05, 3.63) is 33.9 Å². The van der Waals surface area contributed by atoms with Crippen molar-refractivity contribution in [2.45, 2.75) is 0 Å². The zero-order valence-electron chi connectivity index (χ0n) is 10.2. The van der Waals surface area contributed by atoms with E-state index in [0.717, 1.165) is 24.6 Å². The Morgan fingerprint density at radius 1 is 1.47 bits per heavy atom. The second kappa shape index (κ2) is 5.79. The molecule has 1 aromatic carbocycles. The van der Waals surface area contributed by atoms with E-state index in [0.29, 0.717) is 11.3 Å². The van der Waals surface area contributed by atoms with E-state index in [-0.39, 0.29) is 11.5 Å². The lowest BCUT2D eigenvalue weighted by atomic mass is 10.1. The molecule has 102 valence electrons. The van der Waals surface area contributed by atoms with Crippen LogP contribution >= 0.6 is 11.8 Å². The van der Waals surface area contributed by atoms with Gasteiger partial charge in [-0.1, -0.05) is 5.16 Å². The lowest BCUT2D eigenvalue weighted by molar-refractivity contribution is -0.384. The van der Waals surface area contributed by atoms with Gasteiger partial charge in [0.05, 0.1) is 4.92 Å². The molecule has 0 spiro atoms. The molecule has 0 amide bonds. The first-order chi connectivity index (χ1) is 9.13. The Hall–Kier alpha value is -1.96. The standard InChI is InChI=1S/C11H14N4O3S/c12-11(13-16)8-1-2-9(10(7-8)15(17)18)14-3-5-19-6-4-14/h1-2,7,16H,3-6H2,(H2,12,13). The number of nitrogens with two attached hydrogens (primary N) is 1. The van der Waals surface area contributed by atoms with Crippen molar-refractivity contribution >= 4 is 29.0 Å². The van der Waals surface area contributed by atoms with E-state index in [9.17, 15) is 10.1 Å². The average Bonchev–Trinajstić information content (AvgIpc) is 2.46. The molecule has 3 N–H and O–H groups in total. The third kappa shape index (κ3) is 2.90. The Labute approximate surface area is 114 Å². The molecule has 1 saturated heterocycles. The minimum Gasteiger partial charge on any atom is -0.409 e. The van der Waals surface area contributed by atoms with Crippen LogP contribution in [0.25, 0.3) is 0 Å². The number of rotatable bonds is 3. The number of amidine groups is 1. The quantitative estimate of drug-likeness (QED) is 0.284. The van der Waals surface area contributed by atoms with Crippen molar-refractivity contribution in [2.24, 2.45) is 10.9 Å². The van der Waals surface area contributed by atoms with E-state index in [1.807, 2.05) is 16.7 Å². The van der Waals surface area contributed by atoms with Gasteiger partial charge in [0, 0.05) is 36.2 Å². The fourth-order valence-corrected chi connectivity index (χ4v) is 2.86. The number of hydrogen-bond acceptors (Lipinski definition) is 6. The number of nitrogens with zero attached hydrogens (tertiary/aromatic N) is 3. The van der Waals surface area contributed by atoms with Crippen LogP contribution in [0.4, 0.5) is 11.4 Å². The van der Waals surface area contributed by atoms with Gasteiger partial charge in [0.15, 0.2) is 5.84 Å². The molecule has 7 nitrogen and oxygen atoms in total. The Bertz CT molecular complexity index is 515. The number of nitro groups is 1. The van der Waals surface area contributed by atoms with Gasteiger partial charge in [0.25, 0.3) is 5.69 Å². The van der Waals surface area contributed by atoms with Crippen molar-refractivity contribution in [1.29, 1.82) is 0 Å². The zero-order chi connectivity index (χ0) is 13.8. The van der Waals surface area contributed by atoms with Crippen LogP contribution in [0.15, 0.2) is 23.4 Å². The average molecular weight is 282 g/mol. The van der Waals surface area contributed by atoms with Crippen molar-refractivity contribution in [1.82, 2.24) is 0 Å². The highest BCUT2D eigenvalue weighted by Crippen LogP contribution is 2.30. The summed E-state index contributed by atoms with van der Waals surface area (Å²) in [6, 6.07) is 4.62. The second-order valence-electron chi connectivity index (χ2n) is 4.05. The molecule has 1 aromatic rings. The van der Waals surface area contributed by atoms with Gasteiger partial charge in [-0.25, -0.2) is 0 Å². The fraction of sp³-hybridized carbons (Fsp3) is 0.364. The van der Waals surface area contributed by atoms with Gasteiger partial charge in [-0.05, 0) is 12.1 Å². The van der Waals surface area contributed by atoms with Crippen molar-refractivity contribution in [2.75, 3.05) is 29.5 Å². The van der Waals surface area contributed by atoms with Crippen LogP contribution in [0.2, 0.25) is 0 Å². The predicted molar refractivity (Wildman–Crippen MR) is 75.1 cm³/mol. The van der Waals surface area contributed by atoms with Gasteiger partial charge in [0.1, 0.15) is 5.69 Å². The molecule has 0 aromatic heterocycles. The van der Waals surface area contributed by atoms with Gasteiger partial charge >= 0.3 is 0 Å². The Balaban J connectivity index is 2.40. The molecule has 1 fully saturated rings. The van der Waals surface area contributed by atoms with E-state index in [1.54, 1.807) is 12.1 Å². The lowest BCUT2D eigenvalue weighted by Gasteiger charge is -2.28. The molecule has 19 heavy (non-hydrogen) atoms. The summed E-state index contributed by atoms with van der Waals surface area (Å²) >= 11 is 1.84. The topological polar surface area (TPSA) is 105 Å². The van der Waals surface area contributed by atoms with Crippen LogP contribution in [0.3, 0.4) is 0 Å². The molecule has 8 heteroatoms. The Morgan fingerprint density at radius 3 is 2.74 bits per heavy atom. The normalized spacial score (nSPS) is 16.4. The van der Waals surface area contributed by atoms with Gasteiger partial charge in [-0.2, -0.15) is 11.8 Å². The molecule has 1 aliphatic heterocycles. The summed E-state index contributed by atoms with van der Waals surface area (Å²) in [5.41, 5.74) is 6.36. The van der Waals surface area contributed by atoms with E-state index >= 15 is 0 Å². The summed E-state index contributed by atoms with van der Waals surface area (Å²) in [5.74, 6) is 1.78. The summed E-state index contributed by atoms with van der Waals surface area (Å²) in [6.45, 7) is 1.57. The number of oxime groups is 1. The highest BCUT2D eigenvalue weighted by Gasteiger charge is 2.22. The number of thioether (sulfide) groups is 1. The summed E-state index contributed by atoms with van der Waals surface area (Å²) in [6.07, 6.45) is 0. The fourth-order valence-electron chi connectivity index (χ4n) is 1.96. The lowest BCUT2D eigenvalue weighted by Crippen LogP contribution is -2.33. The van der Waals surface area contributed by atoms with Crippen molar-refractivity contribution < 1.29 is 10.1 Å². The molecule has 0 aliphatic carbocycles. The highest BCUT2D eigenvalue weighted by atomic mass is 32.2. The molecule has 0 atom stereocenters. The highest BCUT2D eigenvalue weighted by molar-refractivity contribution is 7.99. The first-order valence-electron chi connectivity index (χ1n) is 5.72. The molecule has 1 aliphatic rings. The SMILES string of the molecule is NC(=NO)c1ccc(N2CCSCC2)c([N+](=O)[O-])c1. The molecule has 2 rings (SSSR count). The predicted octanol–water partition coefficient (Wildman–Crippen LogP) is 1.24. The first-order valence-corrected chi connectivity index (χ1v) is 6.88. The maximum absolute atomic E-state index is 11.2. The third-order valence-corrected chi connectivity index (χ3v) is 3.87. The van der Waals surface area contributed by atoms with Crippen LogP contribution in [-0.2, 0) is 0 Å². The van der Waals surface area contributed by atoms with Crippen LogP contribution < -0.4 is 10.6 Å². The second-order valence-corrected chi connectivity index (χ2v) is 5.27. The monoisotopic (exact) mass is 282 g/mol. The molecule has 0 bridgehead atoms. The van der Waals surface area contributed by atoms with Gasteiger partial charge in [-0.3, -0.25) is 10.1 Å². The van der Waals surface area contributed by atoms with Crippen LogP contribution in [-0.4, -0.2) is 40.6 Å². The molecular weight excluding hydrogens is 268 g/mol. The van der Waals surface area contributed by atoms with E-state index < -0.39 is 4.92 Å². The third-order valence-electron chi connectivity index (χ3n) is 2.93. The number of anilines is 1. The largest absolute Gasteiger partial charge is 0.409 e. The van der Waals surface area contributed by atoms with Crippen LogP contribution in [0.5, 0.6) is 0 Å². The number of benzene rings is 1. The van der Waals surface area contributed by atoms with Crippen molar-refractivity contribution in [3.8, 4) is 0 Å². The molecular formula is C11H14N4O3S. The van der Waals surface area contributed by atoms with E-state index in [1.165, 1.54) is 6.07 Å². The molecule has 0 saturated carbocycles. The smallest absolute Gasteiger partial charge is 0.293 e. The van der Waals surface area contributed by atoms with Crippen molar-refractivity contribution in [3.63, 3.8) is 0 Å². The zero-order valence-corrected chi connectivity index (χ0v) is 11.0. The summed E-state index contributed by atoms with van der Waals surface area (Å²) in [4.78, 5) is 12.7. The van der Waals surface area contributed by atoms with Crippen LogP contribution in [0, 0.1) is 10.1 Å². The molecule has 0 unspecified atom stereocenters. The minimum absolute atomic E-state index is 0.0176.